The fourth-order valence-corrected chi connectivity index (χ4v) is 3.43. The van der Waals surface area contributed by atoms with Crippen LogP contribution in [0, 0.1) is 0 Å². The number of sulfone groups is 1. The van der Waals surface area contributed by atoms with Crippen LogP contribution in [0.25, 0.3) is 22.0 Å². The lowest BCUT2D eigenvalue weighted by Crippen LogP contribution is -1.98. The van der Waals surface area contributed by atoms with Crippen molar-refractivity contribution in [3.63, 3.8) is 0 Å². The Bertz CT molecular complexity index is 1210. The van der Waals surface area contributed by atoms with E-state index in [0.29, 0.717) is 22.5 Å². The Balaban J connectivity index is 1.69. The van der Waals surface area contributed by atoms with Crippen molar-refractivity contribution in [2.24, 2.45) is 0 Å². The Kier molecular flexibility index (Phi) is 4.33. The molecule has 0 bridgehead atoms. The van der Waals surface area contributed by atoms with E-state index in [1.54, 1.807) is 12.1 Å². The van der Waals surface area contributed by atoms with Crippen molar-refractivity contribution in [1.82, 2.24) is 9.97 Å². The molecule has 1 aromatic heterocycles. The third-order valence-corrected chi connectivity index (χ3v) is 5.28. The predicted octanol–water partition coefficient (Wildman–Crippen LogP) is 4.49. The lowest BCUT2D eigenvalue weighted by molar-refractivity contribution is 0.468. The first-order valence-corrected chi connectivity index (χ1v) is 10.2. The van der Waals surface area contributed by atoms with Crippen molar-refractivity contribution in [3.05, 3.63) is 79.1 Å². The van der Waals surface area contributed by atoms with Crippen LogP contribution < -0.4 is 4.74 Å². The molecule has 4 rings (SSSR count). The molecule has 27 heavy (non-hydrogen) atoms. The molecule has 1 heterocycles. The van der Waals surface area contributed by atoms with E-state index < -0.39 is 9.84 Å². The molecule has 0 unspecified atom stereocenters. The molecule has 0 saturated heterocycles. The van der Waals surface area contributed by atoms with Gasteiger partial charge in [-0.1, -0.05) is 42.5 Å². The quantitative estimate of drug-likeness (QED) is 0.525. The zero-order chi connectivity index (χ0) is 18.9. The van der Waals surface area contributed by atoms with Gasteiger partial charge in [0, 0.05) is 6.26 Å². The first-order chi connectivity index (χ1) is 13.0. The predicted molar refractivity (Wildman–Crippen MR) is 105 cm³/mol. The lowest BCUT2D eigenvalue weighted by Gasteiger charge is -2.09. The van der Waals surface area contributed by atoms with Gasteiger partial charge in [-0.2, -0.15) is 0 Å². The van der Waals surface area contributed by atoms with Gasteiger partial charge in [0.1, 0.15) is 12.1 Å². The van der Waals surface area contributed by atoms with Crippen LogP contribution in [0.2, 0.25) is 0 Å². The van der Waals surface area contributed by atoms with E-state index in [1.807, 2.05) is 54.6 Å². The molecule has 0 spiro atoms. The van der Waals surface area contributed by atoms with E-state index in [2.05, 4.69) is 9.97 Å². The third-order valence-electron chi connectivity index (χ3n) is 4.17. The summed E-state index contributed by atoms with van der Waals surface area (Å²) in [7, 11) is -3.33. The average Bonchev–Trinajstić information content (AvgIpc) is 2.68. The Hall–Kier alpha value is -3.25. The summed E-state index contributed by atoms with van der Waals surface area (Å²) in [6, 6.07) is 22.4. The molecule has 0 radical (unpaired) electrons. The fraction of sp³-hybridized carbons (Fsp3) is 0.0476. The molecule has 0 aliphatic rings. The molecule has 134 valence electrons. The van der Waals surface area contributed by atoms with Crippen molar-refractivity contribution >= 4 is 20.7 Å². The zero-order valence-electron chi connectivity index (χ0n) is 14.5. The van der Waals surface area contributed by atoms with Gasteiger partial charge in [0.15, 0.2) is 9.84 Å². The maximum atomic E-state index is 11.8. The van der Waals surface area contributed by atoms with Gasteiger partial charge >= 0.3 is 0 Å². The first-order valence-electron chi connectivity index (χ1n) is 8.29. The van der Waals surface area contributed by atoms with Crippen LogP contribution in [-0.4, -0.2) is 24.6 Å². The highest BCUT2D eigenvalue weighted by atomic mass is 32.2. The molecule has 5 nitrogen and oxygen atoms in total. The van der Waals surface area contributed by atoms with Gasteiger partial charge in [0.05, 0.1) is 15.8 Å². The van der Waals surface area contributed by atoms with E-state index >= 15 is 0 Å². The first kappa shape index (κ1) is 17.2. The number of rotatable bonds is 4. The molecule has 0 N–H and O–H groups in total. The number of aromatic nitrogens is 2. The summed E-state index contributed by atoms with van der Waals surface area (Å²) >= 11 is 0. The van der Waals surface area contributed by atoms with Gasteiger partial charge in [-0.05, 0) is 41.5 Å². The summed E-state index contributed by atoms with van der Waals surface area (Å²) < 4.78 is 29.6. The number of nitrogens with zero attached hydrogens (tertiary/aromatic N) is 2. The average molecular weight is 376 g/mol. The standard InChI is InChI=1S/C21H16N2O3S/c1-27(24,25)18-11-12-20-19(13-18)21(23-14-22-20)26-17-9-7-16(8-10-17)15-5-3-2-4-6-15/h2-14H,1H3. The number of hydrogen-bond donors (Lipinski definition) is 0. The Morgan fingerprint density at radius 3 is 2.22 bits per heavy atom. The second kappa shape index (κ2) is 6.81. The van der Waals surface area contributed by atoms with Gasteiger partial charge in [-0.25, -0.2) is 18.4 Å². The van der Waals surface area contributed by atoms with Gasteiger partial charge in [-0.15, -0.1) is 0 Å². The molecule has 0 fully saturated rings. The zero-order valence-corrected chi connectivity index (χ0v) is 15.3. The maximum absolute atomic E-state index is 11.8. The topological polar surface area (TPSA) is 69.2 Å². The highest BCUT2D eigenvalue weighted by Crippen LogP contribution is 2.30. The molecule has 6 heteroatoms. The Morgan fingerprint density at radius 2 is 1.52 bits per heavy atom. The monoisotopic (exact) mass is 376 g/mol. The SMILES string of the molecule is CS(=O)(=O)c1ccc2ncnc(Oc3ccc(-c4ccccc4)cc3)c2c1. The van der Waals surface area contributed by atoms with Crippen molar-refractivity contribution in [2.45, 2.75) is 4.90 Å². The number of hydrogen-bond acceptors (Lipinski definition) is 5. The summed E-state index contributed by atoms with van der Waals surface area (Å²) in [6.07, 6.45) is 2.57. The molecule has 3 aromatic carbocycles. The highest BCUT2D eigenvalue weighted by Gasteiger charge is 2.12. The molecule has 0 aliphatic heterocycles. The van der Waals surface area contributed by atoms with Crippen LogP contribution in [-0.2, 0) is 9.84 Å². The van der Waals surface area contributed by atoms with Crippen molar-refractivity contribution in [1.29, 1.82) is 0 Å². The second-order valence-electron chi connectivity index (χ2n) is 6.12. The van der Waals surface area contributed by atoms with Crippen LogP contribution in [0.4, 0.5) is 0 Å². The van der Waals surface area contributed by atoms with Gasteiger partial charge in [-0.3, -0.25) is 0 Å². The molecular weight excluding hydrogens is 360 g/mol. The maximum Gasteiger partial charge on any atom is 0.230 e. The summed E-state index contributed by atoms with van der Waals surface area (Å²) in [5.74, 6) is 0.928. The molecule has 0 aliphatic carbocycles. The van der Waals surface area contributed by atoms with Gasteiger partial charge in [0.25, 0.3) is 0 Å². The number of ether oxygens (including phenoxy) is 1. The van der Waals surface area contributed by atoms with E-state index in [4.69, 9.17) is 4.74 Å². The molecule has 0 atom stereocenters. The van der Waals surface area contributed by atoms with Crippen molar-refractivity contribution in [2.75, 3.05) is 6.26 Å². The fourth-order valence-electron chi connectivity index (χ4n) is 2.78. The van der Waals surface area contributed by atoms with Gasteiger partial charge in [0.2, 0.25) is 5.88 Å². The minimum atomic E-state index is -3.33. The van der Waals surface area contributed by atoms with E-state index in [9.17, 15) is 8.42 Å². The summed E-state index contributed by atoms with van der Waals surface area (Å²) in [5, 5.41) is 0.549. The summed E-state index contributed by atoms with van der Waals surface area (Å²) in [6.45, 7) is 0. The highest BCUT2D eigenvalue weighted by molar-refractivity contribution is 7.90. The smallest absolute Gasteiger partial charge is 0.230 e. The molecule has 0 saturated carbocycles. The number of fused-ring (bicyclic) bond motifs is 1. The van der Waals surface area contributed by atoms with Gasteiger partial charge < -0.3 is 4.74 Å². The largest absolute Gasteiger partial charge is 0.438 e. The van der Waals surface area contributed by atoms with Crippen molar-refractivity contribution < 1.29 is 13.2 Å². The van der Waals surface area contributed by atoms with E-state index in [0.717, 1.165) is 11.1 Å². The molecular formula is C21H16N2O3S. The minimum Gasteiger partial charge on any atom is -0.438 e. The number of benzene rings is 3. The van der Waals surface area contributed by atoms with Crippen LogP contribution in [0.1, 0.15) is 0 Å². The summed E-state index contributed by atoms with van der Waals surface area (Å²) in [4.78, 5) is 8.56. The van der Waals surface area contributed by atoms with E-state index in [-0.39, 0.29) is 4.90 Å². The van der Waals surface area contributed by atoms with Crippen LogP contribution in [0.15, 0.2) is 84.0 Å². The van der Waals surface area contributed by atoms with Crippen LogP contribution >= 0.6 is 0 Å². The van der Waals surface area contributed by atoms with Crippen LogP contribution in [0.5, 0.6) is 11.6 Å². The van der Waals surface area contributed by atoms with Crippen molar-refractivity contribution in [3.8, 4) is 22.8 Å². The Labute approximate surface area is 157 Å². The second-order valence-corrected chi connectivity index (χ2v) is 8.14. The molecule has 0 amide bonds. The summed E-state index contributed by atoms with van der Waals surface area (Å²) in [5.41, 5.74) is 2.82. The molecule has 4 aromatic rings. The third kappa shape index (κ3) is 3.66. The Morgan fingerprint density at radius 1 is 0.815 bits per heavy atom. The minimum absolute atomic E-state index is 0.203. The normalized spacial score (nSPS) is 11.4. The van der Waals surface area contributed by atoms with E-state index in [1.165, 1.54) is 18.6 Å². The van der Waals surface area contributed by atoms with Crippen LogP contribution in [0.3, 0.4) is 0 Å². The lowest BCUT2D eigenvalue weighted by atomic mass is 10.1.